The zero-order valence-electron chi connectivity index (χ0n) is 70.4. The Bertz CT molecular complexity index is 9500. The second-order valence-electron chi connectivity index (χ2n) is 33.4. The molecule has 0 fully saturated rings. The molecule has 8 heterocycles. The van der Waals surface area contributed by atoms with Crippen molar-refractivity contribution in [1.82, 2.24) is 13.7 Å². The van der Waals surface area contributed by atoms with Crippen LogP contribution in [0.2, 0.25) is 20.1 Å². The number of para-hydroxylation sites is 6. The van der Waals surface area contributed by atoms with E-state index in [1.54, 1.807) is 11.3 Å². The molecule has 0 aliphatic rings. The smallest absolute Gasteiger partial charge is 0.0547 e. The average molecular weight is 1860 g/mol. The van der Waals surface area contributed by atoms with Crippen molar-refractivity contribution in [3.05, 3.63) is 451 Å². The molecule has 3 nitrogen and oxygen atoms in total. The van der Waals surface area contributed by atoms with Gasteiger partial charge in [0, 0.05) is 176 Å². The Morgan fingerprint density at radius 1 is 0.152 bits per heavy atom. The summed E-state index contributed by atoms with van der Waals surface area (Å²) < 4.78 is 20.0. The van der Waals surface area contributed by atoms with Gasteiger partial charge in [-0.05, 0) is 256 Å². The summed E-state index contributed by atoms with van der Waals surface area (Å²) in [5.41, 5.74) is 22.9. The molecule has 0 saturated carbocycles. The predicted molar refractivity (Wildman–Crippen MR) is 580 cm³/mol. The van der Waals surface area contributed by atoms with Gasteiger partial charge in [-0.3, -0.25) is 0 Å². The van der Waals surface area contributed by atoms with Gasteiger partial charge >= 0.3 is 0 Å². The lowest BCUT2D eigenvalue weighted by molar-refractivity contribution is 1.18. The number of halogens is 4. The third-order valence-electron chi connectivity index (χ3n) is 25.7. The zero-order chi connectivity index (χ0) is 87.8. The van der Waals surface area contributed by atoms with Crippen LogP contribution in [0.25, 0.3) is 239 Å². The lowest BCUT2D eigenvalue weighted by Crippen LogP contribution is -1.93. The molecule has 0 N–H and O–H groups in total. The van der Waals surface area contributed by atoms with Gasteiger partial charge in [0.05, 0.1) is 33.1 Å². The minimum Gasteiger partial charge on any atom is -0.309 e. The number of thiophene rings is 5. The van der Waals surface area contributed by atoms with E-state index in [2.05, 4.69) is 408 Å². The predicted octanol–water partition coefficient (Wildman–Crippen LogP) is 38.8. The monoisotopic (exact) mass is 1850 g/mol. The largest absolute Gasteiger partial charge is 0.309 e. The van der Waals surface area contributed by atoms with Crippen molar-refractivity contribution in [2.75, 3.05) is 0 Å². The first-order valence-electron chi connectivity index (χ1n) is 43.8. The molecule has 132 heavy (non-hydrogen) atoms. The van der Waals surface area contributed by atoms with Crippen molar-refractivity contribution in [2.45, 2.75) is 0 Å². The molecule has 0 spiro atoms. The summed E-state index contributed by atoms with van der Waals surface area (Å²) in [6.45, 7) is 0. The van der Waals surface area contributed by atoms with Crippen LogP contribution in [0.15, 0.2) is 431 Å². The van der Waals surface area contributed by atoms with Crippen molar-refractivity contribution in [1.29, 1.82) is 0 Å². The molecule has 20 aromatic carbocycles. The van der Waals surface area contributed by atoms with Crippen LogP contribution < -0.4 is 0 Å². The zero-order valence-corrected chi connectivity index (χ0v) is 77.5. The van der Waals surface area contributed by atoms with E-state index in [0.717, 1.165) is 31.0 Å². The second kappa shape index (κ2) is 33.2. The van der Waals surface area contributed by atoms with E-state index in [4.69, 9.17) is 46.4 Å². The molecule has 0 atom stereocenters. The van der Waals surface area contributed by atoms with Crippen LogP contribution in [0.5, 0.6) is 0 Å². The van der Waals surface area contributed by atoms with Crippen LogP contribution in [0, 0.1) is 0 Å². The molecule has 0 amide bonds. The molecule has 0 aliphatic carbocycles. The van der Waals surface area contributed by atoms with Crippen molar-refractivity contribution in [3.8, 4) is 72.7 Å². The molecule has 0 aliphatic heterocycles. The SMILES string of the molecule is Clc1ccc2sc3ccc(-c4ccc5c(c4)c4ccccc4n5-c4ccccc4)cc3c2c1.Clc1ccc2sc3ccc(-c4ccc5sc6ccccc6c5c4)cc3c2c1.Clc1cccc2sc3ccc(-c4ccc5c6ccccc6n(-c6ccccc6)c5c4)cc3c12.Clc1ccccc1-c1cccc2sc3ccc(-c4ccc5c6ccccc6n(-c6ccccc6)c5c4)cc3c12. The number of aromatic nitrogens is 3. The van der Waals surface area contributed by atoms with Crippen LogP contribution in [0.1, 0.15) is 0 Å². The molecule has 0 bridgehead atoms. The van der Waals surface area contributed by atoms with Gasteiger partial charge in [-0.2, -0.15) is 0 Å². The Balaban J connectivity index is 0.0000000952. The molecule has 0 radical (unpaired) electrons. The maximum Gasteiger partial charge on any atom is 0.0547 e. The molecule has 0 saturated heterocycles. The Kier molecular flexibility index (Phi) is 20.1. The summed E-state index contributed by atoms with van der Waals surface area (Å²) >= 11 is 34.9. The van der Waals surface area contributed by atoms with Gasteiger partial charge in [0.15, 0.2) is 0 Å². The maximum atomic E-state index is 6.66. The lowest BCUT2D eigenvalue weighted by Gasteiger charge is -2.09. The highest BCUT2D eigenvalue weighted by Crippen LogP contribution is 2.49. The van der Waals surface area contributed by atoms with Gasteiger partial charge in [-0.15, -0.1) is 56.7 Å². The van der Waals surface area contributed by atoms with Crippen molar-refractivity contribution >= 4 is 269 Å². The highest BCUT2D eigenvalue weighted by molar-refractivity contribution is 7.27. The second-order valence-corrected chi connectivity index (χ2v) is 40.5. The molecule has 0 unspecified atom stereocenters. The van der Waals surface area contributed by atoms with Gasteiger partial charge < -0.3 is 13.7 Å². The first-order valence-corrected chi connectivity index (χ1v) is 49.4. The number of hydrogen-bond donors (Lipinski definition) is 0. The number of nitrogens with zero attached hydrogens (tertiary/aromatic N) is 3. The summed E-state index contributed by atoms with van der Waals surface area (Å²) in [5, 5.41) is 23.4. The summed E-state index contributed by atoms with van der Waals surface area (Å²) in [7, 11) is 0. The molecular formula is C120H71Cl4N3S5. The van der Waals surface area contributed by atoms with Crippen molar-refractivity contribution in [2.24, 2.45) is 0 Å². The van der Waals surface area contributed by atoms with Gasteiger partial charge in [0.25, 0.3) is 0 Å². The molecule has 624 valence electrons. The van der Waals surface area contributed by atoms with E-state index >= 15 is 0 Å². The number of benzene rings is 20. The van der Waals surface area contributed by atoms with E-state index in [9.17, 15) is 0 Å². The fraction of sp³-hybridized carbons (Fsp3) is 0. The minimum absolute atomic E-state index is 0.777. The fourth-order valence-corrected chi connectivity index (χ4v) is 26.0. The highest BCUT2D eigenvalue weighted by atomic mass is 35.5. The van der Waals surface area contributed by atoms with E-state index in [0.29, 0.717) is 0 Å². The third-order valence-corrected chi connectivity index (χ3v) is 32.6. The minimum atomic E-state index is 0.777. The molecule has 28 aromatic rings. The molecular weight excluding hydrogens is 1790 g/mol. The summed E-state index contributed by atoms with van der Waals surface area (Å²) in [4.78, 5) is 0. The normalized spacial score (nSPS) is 11.8. The maximum absolute atomic E-state index is 6.66. The molecule has 12 heteroatoms. The Labute approximate surface area is 799 Å². The average Bonchev–Trinajstić information content (AvgIpc) is 1.59. The van der Waals surface area contributed by atoms with Gasteiger partial charge in [0.1, 0.15) is 0 Å². The van der Waals surface area contributed by atoms with Crippen LogP contribution >= 0.6 is 103 Å². The van der Waals surface area contributed by atoms with E-state index in [-0.39, 0.29) is 0 Å². The number of fused-ring (bicyclic) bond motifs is 24. The van der Waals surface area contributed by atoms with E-state index in [1.165, 1.54) is 228 Å². The van der Waals surface area contributed by atoms with Gasteiger partial charge in [-0.1, -0.05) is 271 Å². The van der Waals surface area contributed by atoms with Crippen LogP contribution in [0.4, 0.5) is 0 Å². The molecule has 8 aromatic heterocycles. The fourth-order valence-electron chi connectivity index (χ4n) is 19.7. The summed E-state index contributed by atoms with van der Waals surface area (Å²) in [6.07, 6.45) is 0. The van der Waals surface area contributed by atoms with Crippen molar-refractivity contribution in [3.63, 3.8) is 0 Å². The number of hydrogen-bond acceptors (Lipinski definition) is 5. The van der Waals surface area contributed by atoms with Crippen LogP contribution in [-0.4, -0.2) is 13.7 Å². The standard InChI is InChI=1S/C36H22ClNS.2C30H18ClNS.C24H13ClS2/c37-31-14-6-4-11-26(31)29-13-8-16-35-36(29)30-21-23(18-20-34(30)39-35)24-17-19-28-27-12-5-7-15-32(27)38(33(28)22-24)25-9-2-1-3-10-25;31-25-10-6-12-29-30(25)24-17-19(14-16-28(24)33-29)20-13-15-23-22-9-4-5-11-26(22)32(27(23)18-20)21-7-2-1-3-8-21;31-21-12-15-30-26(18-21)25-17-20(11-14-29(25)33-30)19-10-13-28-24(16-19)23-8-4-5-9-27(23)32(28)22-6-2-1-3-7-22;25-16-7-10-24-20(13-16)19-12-15(6-9-23(19)27-24)14-5-8-22-18(11-14)17-3-1-2-4-21(17)26-22/h1-22H;2*1-18H;1-13H. The third kappa shape index (κ3) is 14.0. The van der Waals surface area contributed by atoms with Gasteiger partial charge in [0.2, 0.25) is 0 Å². The van der Waals surface area contributed by atoms with Gasteiger partial charge in [-0.25, -0.2) is 0 Å². The number of rotatable bonds is 8. The Morgan fingerprint density at radius 3 is 0.909 bits per heavy atom. The van der Waals surface area contributed by atoms with E-state index in [1.807, 2.05) is 81.7 Å². The highest BCUT2D eigenvalue weighted by Gasteiger charge is 2.22. The van der Waals surface area contributed by atoms with Crippen LogP contribution in [-0.2, 0) is 0 Å². The van der Waals surface area contributed by atoms with Crippen LogP contribution in [0.3, 0.4) is 0 Å². The summed E-state index contributed by atoms with van der Waals surface area (Å²) in [5.74, 6) is 0. The molecule has 28 rings (SSSR count). The first kappa shape index (κ1) is 80.2. The Morgan fingerprint density at radius 2 is 0.432 bits per heavy atom. The van der Waals surface area contributed by atoms with E-state index < -0.39 is 0 Å². The Hall–Kier alpha value is -13.9. The van der Waals surface area contributed by atoms with Crippen molar-refractivity contribution < 1.29 is 0 Å². The quantitative estimate of drug-likeness (QED) is 0.144. The lowest BCUT2D eigenvalue weighted by atomic mass is 9.97. The summed E-state index contributed by atoms with van der Waals surface area (Å²) in [6, 6.07) is 154. The topological polar surface area (TPSA) is 14.8 Å². The first-order chi connectivity index (χ1) is 65.1.